The molecule has 1 fully saturated rings. The van der Waals surface area contributed by atoms with Crippen molar-refractivity contribution in [2.24, 2.45) is 5.92 Å². The van der Waals surface area contributed by atoms with Crippen LogP contribution in [0, 0.1) is 12.8 Å². The molecule has 0 spiro atoms. The molecule has 0 bridgehead atoms. The number of likely N-dealkylation sites (tertiary alicyclic amines) is 1. The van der Waals surface area contributed by atoms with Gasteiger partial charge in [0.1, 0.15) is 5.82 Å². The normalized spacial score (nSPS) is 18.1. The van der Waals surface area contributed by atoms with Crippen molar-refractivity contribution in [1.29, 1.82) is 0 Å². The smallest absolute Gasteiger partial charge is 0.318 e. The molecular formula is C20H27N7O. The first-order valence-corrected chi connectivity index (χ1v) is 9.89. The molecule has 1 saturated heterocycles. The first-order valence-electron chi connectivity index (χ1n) is 9.89. The molecule has 4 heterocycles. The largest absolute Gasteiger partial charge is 0.333 e. The molecule has 0 saturated carbocycles. The molecule has 3 aromatic rings. The van der Waals surface area contributed by atoms with Crippen molar-refractivity contribution >= 4 is 11.7 Å². The van der Waals surface area contributed by atoms with Gasteiger partial charge in [-0.25, -0.2) is 9.78 Å². The fraction of sp³-hybridized carbons (Fsp3) is 0.500. The Labute approximate surface area is 164 Å². The maximum Gasteiger partial charge on any atom is 0.318 e. The summed E-state index contributed by atoms with van der Waals surface area (Å²) < 4.78 is 4.06. The number of urea groups is 1. The highest BCUT2D eigenvalue weighted by molar-refractivity contribution is 5.75. The van der Waals surface area contributed by atoms with Crippen LogP contribution in [-0.4, -0.2) is 47.7 Å². The molecule has 1 N–H and O–H groups in total. The summed E-state index contributed by atoms with van der Waals surface area (Å²) in [5.74, 6) is 1.93. The van der Waals surface area contributed by atoms with Crippen molar-refractivity contribution in [3.05, 3.63) is 48.4 Å². The van der Waals surface area contributed by atoms with Crippen molar-refractivity contribution < 1.29 is 4.79 Å². The number of pyridine rings is 1. The Hall–Kier alpha value is -2.90. The summed E-state index contributed by atoms with van der Waals surface area (Å²) in [7, 11) is 0. The van der Waals surface area contributed by atoms with E-state index in [-0.39, 0.29) is 24.0 Å². The lowest BCUT2D eigenvalue weighted by Gasteiger charge is -2.29. The maximum absolute atomic E-state index is 13.1. The minimum atomic E-state index is -0.207. The van der Waals surface area contributed by atoms with Crippen LogP contribution in [0.2, 0.25) is 0 Å². The van der Waals surface area contributed by atoms with Crippen molar-refractivity contribution in [1.82, 2.24) is 34.4 Å². The molecule has 8 heteroatoms. The molecule has 3 aromatic heterocycles. The third-order valence-electron chi connectivity index (χ3n) is 5.53. The van der Waals surface area contributed by atoms with E-state index in [2.05, 4.69) is 38.9 Å². The van der Waals surface area contributed by atoms with E-state index in [1.165, 1.54) is 0 Å². The fourth-order valence-corrected chi connectivity index (χ4v) is 3.93. The molecule has 0 aliphatic carbocycles. The lowest BCUT2D eigenvalue weighted by molar-refractivity contribution is 0.179. The van der Waals surface area contributed by atoms with E-state index < -0.39 is 0 Å². The first-order chi connectivity index (χ1) is 13.5. The van der Waals surface area contributed by atoms with Gasteiger partial charge in [0.2, 0.25) is 0 Å². The van der Waals surface area contributed by atoms with E-state index in [1.54, 1.807) is 6.20 Å². The van der Waals surface area contributed by atoms with Gasteiger partial charge in [-0.15, -0.1) is 10.2 Å². The van der Waals surface area contributed by atoms with Gasteiger partial charge in [0.05, 0.1) is 12.1 Å². The number of carbonyl (C=O) groups is 1. The van der Waals surface area contributed by atoms with Gasteiger partial charge >= 0.3 is 6.03 Å². The van der Waals surface area contributed by atoms with Crippen LogP contribution < -0.4 is 5.32 Å². The van der Waals surface area contributed by atoms with Crippen LogP contribution in [0.1, 0.15) is 44.4 Å². The molecule has 148 valence electrons. The number of amides is 2. The zero-order valence-corrected chi connectivity index (χ0v) is 16.6. The van der Waals surface area contributed by atoms with E-state index in [9.17, 15) is 4.79 Å². The predicted molar refractivity (Wildman–Crippen MR) is 106 cm³/mol. The summed E-state index contributed by atoms with van der Waals surface area (Å²) >= 11 is 0. The van der Waals surface area contributed by atoms with E-state index in [0.717, 1.165) is 43.2 Å². The molecule has 2 amide bonds. The van der Waals surface area contributed by atoms with E-state index in [4.69, 9.17) is 0 Å². The number of hydrogen-bond acceptors (Lipinski definition) is 4. The summed E-state index contributed by atoms with van der Waals surface area (Å²) in [6.45, 7) is 7.72. The highest BCUT2D eigenvalue weighted by atomic mass is 16.2. The average molecular weight is 381 g/mol. The van der Waals surface area contributed by atoms with Gasteiger partial charge in [-0.1, -0.05) is 19.9 Å². The SMILES string of the molecule is Cc1nccn1CC1CCCN1C(=O)NC(c1nnc2ccccn12)C(C)C. The Bertz CT molecular complexity index is 960. The lowest BCUT2D eigenvalue weighted by Crippen LogP contribution is -2.46. The molecule has 2 atom stereocenters. The molecule has 8 nitrogen and oxygen atoms in total. The van der Waals surface area contributed by atoms with Gasteiger partial charge < -0.3 is 14.8 Å². The van der Waals surface area contributed by atoms with E-state index in [0.29, 0.717) is 0 Å². The lowest BCUT2D eigenvalue weighted by atomic mass is 10.0. The maximum atomic E-state index is 13.1. The Morgan fingerprint density at radius 2 is 2.14 bits per heavy atom. The number of nitrogens with one attached hydrogen (secondary N) is 1. The van der Waals surface area contributed by atoms with Gasteiger partial charge in [0.25, 0.3) is 0 Å². The number of rotatable bonds is 5. The van der Waals surface area contributed by atoms with Crippen LogP contribution in [0.15, 0.2) is 36.8 Å². The highest BCUT2D eigenvalue weighted by Gasteiger charge is 2.32. The van der Waals surface area contributed by atoms with Crippen LogP contribution in [0.3, 0.4) is 0 Å². The quantitative estimate of drug-likeness (QED) is 0.737. The molecule has 2 unspecified atom stereocenters. The molecule has 28 heavy (non-hydrogen) atoms. The minimum Gasteiger partial charge on any atom is -0.333 e. The standard InChI is InChI=1S/C20H27N7O/c1-14(2)18(19-24-23-17-8-4-5-10-27(17)19)22-20(28)26-11-6-7-16(26)13-25-12-9-21-15(25)3/h4-5,8-10,12,14,16,18H,6-7,11,13H2,1-3H3,(H,22,28). The topological polar surface area (TPSA) is 80.3 Å². The molecule has 0 radical (unpaired) electrons. The monoisotopic (exact) mass is 381 g/mol. The molecule has 4 rings (SSSR count). The number of carbonyl (C=O) groups excluding carboxylic acids is 1. The first kappa shape index (κ1) is 18.5. The van der Waals surface area contributed by atoms with Crippen LogP contribution in [-0.2, 0) is 6.54 Å². The van der Waals surface area contributed by atoms with Crippen molar-refractivity contribution in [3.8, 4) is 0 Å². The number of fused-ring (bicyclic) bond motifs is 1. The molecule has 1 aliphatic rings. The summed E-state index contributed by atoms with van der Waals surface area (Å²) in [5, 5.41) is 11.8. The van der Waals surface area contributed by atoms with E-state index in [1.807, 2.05) is 46.8 Å². The zero-order valence-electron chi connectivity index (χ0n) is 16.6. The Morgan fingerprint density at radius 1 is 1.29 bits per heavy atom. The van der Waals surface area contributed by atoms with Crippen LogP contribution in [0.4, 0.5) is 4.79 Å². The van der Waals surface area contributed by atoms with Crippen molar-refractivity contribution in [3.63, 3.8) is 0 Å². The number of aryl methyl sites for hydroxylation is 1. The fourth-order valence-electron chi connectivity index (χ4n) is 3.93. The third kappa shape index (κ3) is 3.46. The van der Waals surface area contributed by atoms with E-state index >= 15 is 0 Å². The summed E-state index contributed by atoms with van der Waals surface area (Å²) in [5.41, 5.74) is 0.784. The second-order valence-corrected chi connectivity index (χ2v) is 7.77. The number of imidazole rings is 1. The van der Waals surface area contributed by atoms with Crippen LogP contribution in [0.5, 0.6) is 0 Å². The second kappa shape index (κ2) is 7.61. The summed E-state index contributed by atoms with van der Waals surface area (Å²) in [6.07, 6.45) is 7.74. The van der Waals surface area contributed by atoms with Gasteiger partial charge in [-0.3, -0.25) is 4.40 Å². The minimum absolute atomic E-state index is 0.0355. The van der Waals surface area contributed by atoms with Crippen LogP contribution >= 0.6 is 0 Å². The molecule has 0 aromatic carbocycles. The Balaban J connectivity index is 1.52. The molecule has 1 aliphatic heterocycles. The number of hydrogen-bond donors (Lipinski definition) is 1. The Kier molecular flexibility index (Phi) is 5.02. The third-order valence-corrected chi connectivity index (χ3v) is 5.53. The second-order valence-electron chi connectivity index (χ2n) is 7.77. The highest BCUT2D eigenvalue weighted by Crippen LogP contribution is 2.24. The zero-order chi connectivity index (χ0) is 19.7. The van der Waals surface area contributed by atoms with Crippen molar-refractivity contribution in [2.45, 2.75) is 52.2 Å². The van der Waals surface area contributed by atoms with Gasteiger partial charge in [-0.05, 0) is 37.8 Å². The van der Waals surface area contributed by atoms with Gasteiger partial charge in [0, 0.05) is 31.7 Å². The number of nitrogens with zero attached hydrogens (tertiary/aromatic N) is 6. The summed E-state index contributed by atoms with van der Waals surface area (Å²) in [4.78, 5) is 19.4. The van der Waals surface area contributed by atoms with Gasteiger partial charge in [-0.2, -0.15) is 0 Å². The Morgan fingerprint density at radius 3 is 2.89 bits per heavy atom. The van der Waals surface area contributed by atoms with Crippen molar-refractivity contribution in [2.75, 3.05) is 6.54 Å². The summed E-state index contributed by atoms with van der Waals surface area (Å²) in [6, 6.07) is 5.73. The predicted octanol–water partition coefficient (Wildman–Crippen LogP) is 2.81. The number of aromatic nitrogens is 5. The van der Waals surface area contributed by atoms with Gasteiger partial charge in [0.15, 0.2) is 11.5 Å². The molecular weight excluding hydrogens is 354 g/mol. The van der Waals surface area contributed by atoms with Crippen LogP contribution in [0.25, 0.3) is 5.65 Å². The average Bonchev–Trinajstić information content (AvgIpc) is 3.40.